The smallest absolute Gasteiger partial charge is 0.238 e. The molecule has 0 heterocycles. The Kier molecular flexibility index (Phi) is 7.06. The summed E-state index contributed by atoms with van der Waals surface area (Å²) in [6, 6.07) is 0. The summed E-state index contributed by atoms with van der Waals surface area (Å²) < 4.78 is -0.470. The number of unbranched alkanes of at least 4 members (excludes halogenated alkanes) is 3. The zero-order chi connectivity index (χ0) is 10.3. The predicted molar refractivity (Wildman–Crippen MR) is 61.6 cm³/mol. The number of hydrogen-bond donors (Lipinski definition) is 0. The van der Waals surface area contributed by atoms with E-state index in [1.165, 1.54) is 19.3 Å². The maximum Gasteiger partial charge on any atom is 0.238 e. The van der Waals surface area contributed by atoms with E-state index in [1.54, 1.807) is 0 Å². The molecule has 0 aromatic carbocycles. The van der Waals surface area contributed by atoms with Crippen LogP contribution in [0.25, 0.3) is 0 Å². The lowest BCUT2D eigenvalue weighted by Gasteiger charge is -2.20. The zero-order valence-corrected chi connectivity index (χ0v) is 10.7. The van der Waals surface area contributed by atoms with E-state index in [2.05, 4.69) is 22.9 Å². The fourth-order valence-electron chi connectivity index (χ4n) is 1.25. The summed E-state index contributed by atoms with van der Waals surface area (Å²) in [6.07, 6.45) is 6.34. The van der Waals surface area contributed by atoms with Crippen molar-refractivity contribution in [3.63, 3.8) is 0 Å². The van der Waals surface area contributed by atoms with Crippen LogP contribution in [0.2, 0.25) is 0 Å². The minimum atomic E-state index is -0.470. The Morgan fingerprint density at radius 1 is 1.31 bits per heavy atom. The highest BCUT2D eigenvalue weighted by Crippen LogP contribution is 2.31. The highest BCUT2D eigenvalue weighted by molar-refractivity contribution is 9.10. The molecule has 0 aromatic rings. The highest BCUT2D eigenvalue weighted by atomic mass is 79.9. The second-order valence-corrected chi connectivity index (χ2v) is 5.26. The van der Waals surface area contributed by atoms with E-state index < -0.39 is 4.32 Å². The molecule has 0 rings (SSSR count). The average molecular weight is 270 g/mol. The molecule has 3 heteroatoms. The van der Waals surface area contributed by atoms with Gasteiger partial charge in [0.2, 0.25) is 5.24 Å². The zero-order valence-electron chi connectivity index (χ0n) is 8.41. The van der Waals surface area contributed by atoms with Gasteiger partial charge in [0.25, 0.3) is 0 Å². The molecule has 78 valence electrons. The minimum absolute atomic E-state index is 0.258. The van der Waals surface area contributed by atoms with E-state index in [9.17, 15) is 4.79 Å². The first-order valence-electron chi connectivity index (χ1n) is 4.95. The first-order chi connectivity index (χ1) is 6.06. The molecule has 0 N–H and O–H groups in total. The van der Waals surface area contributed by atoms with Gasteiger partial charge in [0.05, 0.1) is 4.32 Å². The molecule has 0 aliphatic carbocycles. The van der Waals surface area contributed by atoms with Crippen LogP contribution in [0.3, 0.4) is 0 Å². The van der Waals surface area contributed by atoms with Crippen molar-refractivity contribution in [1.82, 2.24) is 0 Å². The third-order valence-electron chi connectivity index (χ3n) is 2.34. The standard InChI is InChI=1S/C10H18BrClO/c1-3-5-6-7-8-10(11,4-2)9(12)13/h3-8H2,1-2H3. The molecule has 1 atom stereocenters. The van der Waals surface area contributed by atoms with Gasteiger partial charge in [-0.1, -0.05) is 55.5 Å². The molecular formula is C10H18BrClO. The van der Waals surface area contributed by atoms with E-state index in [4.69, 9.17) is 11.6 Å². The van der Waals surface area contributed by atoms with Crippen LogP contribution in [0.1, 0.15) is 52.4 Å². The van der Waals surface area contributed by atoms with Crippen molar-refractivity contribution in [2.75, 3.05) is 0 Å². The summed E-state index contributed by atoms with van der Waals surface area (Å²) in [6.45, 7) is 4.16. The highest BCUT2D eigenvalue weighted by Gasteiger charge is 2.31. The third kappa shape index (κ3) is 5.02. The Bertz CT molecular complexity index is 161. The molecule has 0 amide bonds. The summed E-state index contributed by atoms with van der Waals surface area (Å²) in [5, 5.41) is -0.258. The van der Waals surface area contributed by atoms with Crippen LogP contribution in [0, 0.1) is 0 Å². The molecule has 0 aliphatic rings. The van der Waals surface area contributed by atoms with Crippen LogP contribution < -0.4 is 0 Å². The van der Waals surface area contributed by atoms with E-state index in [1.807, 2.05) is 6.92 Å². The van der Waals surface area contributed by atoms with Crippen molar-refractivity contribution >= 4 is 32.8 Å². The summed E-state index contributed by atoms with van der Waals surface area (Å²) in [4.78, 5) is 11.1. The Morgan fingerprint density at radius 3 is 2.31 bits per heavy atom. The van der Waals surface area contributed by atoms with Crippen LogP contribution in [0.15, 0.2) is 0 Å². The van der Waals surface area contributed by atoms with E-state index in [-0.39, 0.29) is 5.24 Å². The molecule has 1 unspecified atom stereocenters. The molecule has 0 saturated heterocycles. The van der Waals surface area contributed by atoms with Gasteiger partial charge in [0.1, 0.15) is 0 Å². The maximum absolute atomic E-state index is 11.1. The number of carbonyl (C=O) groups excluding carboxylic acids is 1. The minimum Gasteiger partial charge on any atom is -0.280 e. The van der Waals surface area contributed by atoms with Crippen LogP contribution in [0.4, 0.5) is 0 Å². The Balaban J connectivity index is 3.78. The lowest BCUT2D eigenvalue weighted by atomic mass is 9.99. The van der Waals surface area contributed by atoms with Crippen molar-refractivity contribution < 1.29 is 4.79 Å². The van der Waals surface area contributed by atoms with Crippen LogP contribution in [-0.2, 0) is 4.79 Å². The fourth-order valence-corrected chi connectivity index (χ4v) is 1.75. The third-order valence-corrected chi connectivity index (χ3v) is 4.25. The van der Waals surface area contributed by atoms with Gasteiger partial charge >= 0.3 is 0 Å². The Morgan fingerprint density at radius 2 is 1.92 bits per heavy atom. The van der Waals surface area contributed by atoms with E-state index >= 15 is 0 Å². The molecule has 0 aromatic heterocycles. The quantitative estimate of drug-likeness (QED) is 0.383. The largest absolute Gasteiger partial charge is 0.280 e. The molecule has 13 heavy (non-hydrogen) atoms. The van der Waals surface area contributed by atoms with Gasteiger partial charge in [0.15, 0.2) is 0 Å². The Labute approximate surface area is 94.4 Å². The molecular weight excluding hydrogens is 251 g/mol. The van der Waals surface area contributed by atoms with E-state index in [0.717, 1.165) is 19.3 Å². The number of halogens is 2. The summed E-state index contributed by atoms with van der Waals surface area (Å²) >= 11 is 8.93. The van der Waals surface area contributed by atoms with Crippen LogP contribution >= 0.6 is 27.5 Å². The monoisotopic (exact) mass is 268 g/mol. The predicted octanol–water partition coefficient (Wildman–Crippen LogP) is 4.27. The molecule has 0 radical (unpaired) electrons. The average Bonchev–Trinajstić information content (AvgIpc) is 2.12. The Hall–Kier alpha value is 0.440. The van der Waals surface area contributed by atoms with E-state index in [0.29, 0.717) is 0 Å². The summed E-state index contributed by atoms with van der Waals surface area (Å²) in [5.74, 6) is 0. The number of alkyl halides is 1. The lowest BCUT2D eigenvalue weighted by Crippen LogP contribution is -2.27. The molecule has 1 nitrogen and oxygen atoms in total. The van der Waals surface area contributed by atoms with Crippen LogP contribution in [-0.4, -0.2) is 9.57 Å². The van der Waals surface area contributed by atoms with Crippen molar-refractivity contribution in [3.05, 3.63) is 0 Å². The molecule has 0 spiro atoms. The fraction of sp³-hybridized carbons (Fsp3) is 0.900. The summed E-state index contributed by atoms with van der Waals surface area (Å²) in [7, 11) is 0. The molecule has 0 fully saturated rings. The lowest BCUT2D eigenvalue weighted by molar-refractivity contribution is -0.113. The maximum atomic E-state index is 11.1. The van der Waals surface area contributed by atoms with Crippen molar-refractivity contribution in [1.29, 1.82) is 0 Å². The van der Waals surface area contributed by atoms with Crippen molar-refractivity contribution in [3.8, 4) is 0 Å². The SMILES string of the molecule is CCCCCCC(Br)(CC)C(=O)Cl. The first kappa shape index (κ1) is 13.4. The second-order valence-electron chi connectivity index (χ2n) is 3.40. The molecule has 0 aliphatic heterocycles. The van der Waals surface area contributed by atoms with Gasteiger partial charge in [-0.25, -0.2) is 0 Å². The van der Waals surface area contributed by atoms with Gasteiger partial charge < -0.3 is 0 Å². The number of hydrogen-bond acceptors (Lipinski definition) is 1. The number of carbonyl (C=O) groups is 1. The second kappa shape index (κ2) is 6.83. The van der Waals surface area contributed by atoms with Gasteiger partial charge in [-0.05, 0) is 24.4 Å². The van der Waals surface area contributed by atoms with Crippen molar-refractivity contribution in [2.45, 2.75) is 56.7 Å². The molecule has 0 bridgehead atoms. The topological polar surface area (TPSA) is 17.1 Å². The van der Waals surface area contributed by atoms with Gasteiger partial charge in [-0.3, -0.25) is 4.79 Å². The first-order valence-corrected chi connectivity index (χ1v) is 6.12. The van der Waals surface area contributed by atoms with Gasteiger partial charge in [-0.2, -0.15) is 0 Å². The van der Waals surface area contributed by atoms with Crippen molar-refractivity contribution in [2.24, 2.45) is 0 Å². The molecule has 0 saturated carbocycles. The van der Waals surface area contributed by atoms with Crippen LogP contribution in [0.5, 0.6) is 0 Å². The normalized spacial score (nSPS) is 15.4. The number of rotatable bonds is 7. The van der Waals surface area contributed by atoms with Gasteiger partial charge in [-0.15, -0.1) is 0 Å². The van der Waals surface area contributed by atoms with Gasteiger partial charge in [0, 0.05) is 0 Å². The summed E-state index contributed by atoms with van der Waals surface area (Å²) in [5.41, 5.74) is 0.